The van der Waals surface area contributed by atoms with Gasteiger partial charge in [-0.05, 0) is 31.1 Å². The van der Waals surface area contributed by atoms with E-state index in [1.54, 1.807) is 6.08 Å². The summed E-state index contributed by atoms with van der Waals surface area (Å²) in [6, 6.07) is 8.07. The number of aryl methyl sites for hydroxylation is 1. The van der Waals surface area contributed by atoms with Crippen molar-refractivity contribution in [1.29, 1.82) is 0 Å². The topological polar surface area (TPSA) is 58.6 Å². The summed E-state index contributed by atoms with van der Waals surface area (Å²) in [6.07, 6.45) is 1.63. The molecule has 0 aliphatic rings. The summed E-state index contributed by atoms with van der Waals surface area (Å²) in [4.78, 5) is 0. The first-order valence-corrected chi connectivity index (χ1v) is 6.36. The Morgan fingerprint density at radius 1 is 1.11 bits per heavy atom. The van der Waals surface area contributed by atoms with Gasteiger partial charge in [0.05, 0.1) is 0 Å². The van der Waals surface area contributed by atoms with Crippen LogP contribution < -0.4 is 5.73 Å². The molecule has 0 aliphatic heterocycles. The van der Waals surface area contributed by atoms with Crippen molar-refractivity contribution in [3.8, 4) is 0 Å². The fraction of sp³-hybridized carbons (Fsp3) is 0.400. The molecule has 0 unspecified atom stereocenters. The monoisotopic (exact) mass is 250 g/mol. The number of nitrogens with zero attached hydrogens (tertiary/aromatic N) is 1. The lowest BCUT2D eigenvalue weighted by Crippen LogP contribution is -2.07. The Balaban J connectivity index is 0. The molecule has 1 aromatic carbocycles. The van der Waals surface area contributed by atoms with Gasteiger partial charge in [0.25, 0.3) is 0 Å². The maximum absolute atomic E-state index is 8.39. The van der Waals surface area contributed by atoms with Gasteiger partial charge in [0.15, 0.2) is 5.84 Å². The molecule has 3 nitrogen and oxygen atoms in total. The molecular formula is C15H26N2O. The molecule has 0 saturated carbocycles. The fourth-order valence-corrected chi connectivity index (χ4v) is 1.15. The van der Waals surface area contributed by atoms with Gasteiger partial charge in [-0.25, -0.2) is 0 Å². The largest absolute Gasteiger partial charge is 0.409 e. The normalized spacial score (nSPS) is 10.8. The Morgan fingerprint density at radius 3 is 1.94 bits per heavy atom. The number of amidine groups is 1. The van der Waals surface area contributed by atoms with Gasteiger partial charge < -0.3 is 10.9 Å². The van der Waals surface area contributed by atoms with E-state index in [1.807, 2.05) is 65.8 Å². The third kappa shape index (κ3) is 7.49. The van der Waals surface area contributed by atoms with Crippen LogP contribution in [0.25, 0.3) is 5.57 Å². The van der Waals surface area contributed by atoms with Crippen LogP contribution in [0.2, 0.25) is 0 Å². The standard InChI is InChI=1S/C11H14N2O.2C2H6/c1-8-3-5-10(6-4-8)9(2)7-11(12)13-14;2*1-2/h3-7,14H,1-2H3,(H2,12,13);2*1-2H3/b9-7+;;. The second-order valence-corrected chi connectivity index (χ2v) is 3.22. The van der Waals surface area contributed by atoms with Crippen molar-refractivity contribution in [2.45, 2.75) is 41.5 Å². The van der Waals surface area contributed by atoms with E-state index in [0.29, 0.717) is 0 Å². The van der Waals surface area contributed by atoms with Gasteiger partial charge in [-0.2, -0.15) is 0 Å². The van der Waals surface area contributed by atoms with E-state index in [9.17, 15) is 0 Å². The molecule has 0 fully saturated rings. The van der Waals surface area contributed by atoms with E-state index >= 15 is 0 Å². The zero-order valence-electron chi connectivity index (χ0n) is 12.4. The SMILES string of the molecule is C/C(=C\C(N)=N/O)c1ccc(C)cc1.CC.CC. The molecular weight excluding hydrogens is 224 g/mol. The lowest BCUT2D eigenvalue weighted by molar-refractivity contribution is 0.319. The summed E-state index contributed by atoms with van der Waals surface area (Å²) in [7, 11) is 0. The van der Waals surface area contributed by atoms with Crippen LogP contribution in [0, 0.1) is 6.92 Å². The van der Waals surface area contributed by atoms with Gasteiger partial charge >= 0.3 is 0 Å². The lowest BCUT2D eigenvalue weighted by Gasteiger charge is -2.01. The van der Waals surface area contributed by atoms with Crippen LogP contribution in [-0.4, -0.2) is 11.0 Å². The van der Waals surface area contributed by atoms with Crippen LogP contribution in [0.15, 0.2) is 35.5 Å². The van der Waals surface area contributed by atoms with Crippen molar-refractivity contribution >= 4 is 11.4 Å². The van der Waals surface area contributed by atoms with E-state index in [2.05, 4.69) is 5.16 Å². The van der Waals surface area contributed by atoms with E-state index in [4.69, 9.17) is 10.9 Å². The number of nitrogens with two attached hydrogens (primary N) is 1. The van der Waals surface area contributed by atoms with Gasteiger partial charge in [0.1, 0.15) is 0 Å². The quantitative estimate of drug-likeness (QED) is 0.358. The van der Waals surface area contributed by atoms with E-state index in [0.717, 1.165) is 11.1 Å². The summed E-state index contributed by atoms with van der Waals surface area (Å²) in [5.41, 5.74) is 8.62. The zero-order chi connectivity index (χ0) is 14.6. The van der Waals surface area contributed by atoms with E-state index < -0.39 is 0 Å². The molecule has 0 radical (unpaired) electrons. The molecule has 0 amide bonds. The van der Waals surface area contributed by atoms with Crippen molar-refractivity contribution in [1.82, 2.24) is 0 Å². The summed E-state index contributed by atoms with van der Waals surface area (Å²) in [5.74, 6) is 0.114. The summed E-state index contributed by atoms with van der Waals surface area (Å²) >= 11 is 0. The Morgan fingerprint density at radius 2 is 1.56 bits per heavy atom. The predicted octanol–water partition coefficient (Wildman–Crippen LogP) is 4.20. The van der Waals surface area contributed by atoms with Crippen LogP contribution in [0.5, 0.6) is 0 Å². The summed E-state index contributed by atoms with van der Waals surface area (Å²) in [6.45, 7) is 12.0. The number of allylic oxidation sites excluding steroid dienone is 1. The predicted molar refractivity (Wildman–Crippen MR) is 80.9 cm³/mol. The van der Waals surface area contributed by atoms with Gasteiger partial charge in [0, 0.05) is 0 Å². The molecule has 3 N–H and O–H groups in total. The highest BCUT2D eigenvalue weighted by Gasteiger charge is 1.95. The highest BCUT2D eigenvalue weighted by molar-refractivity contribution is 5.97. The van der Waals surface area contributed by atoms with E-state index in [1.165, 1.54) is 5.56 Å². The summed E-state index contributed by atoms with van der Waals surface area (Å²) in [5, 5.41) is 11.3. The Kier molecular flexibility index (Phi) is 12.1. The molecule has 0 saturated heterocycles. The highest BCUT2D eigenvalue weighted by Crippen LogP contribution is 2.13. The minimum absolute atomic E-state index is 0.114. The third-order valence-corrected chi connectivity index (χ3v) is 1.99. The molecule has 0 atom stereocenters. The first-order chi connectivity index (χ1) is 8.63. The second-order valence-electron chi connectivity index (χ2n) is 3.22. The van der Waals surface area contributed by atoms with Crippen molar-refractivity contribution < 1.29 is 5.21 Å². The van der Waals surface area contributed by atoms with Crippen molar-refractivity contribution in [2.75, 3.05) is 0 Å². The first-order valence-electron chi connectivity index (χ1n) is 6.36. The fourth-order valence-electron chi connectivity index (χ4n) is 1.15. The van der Waals surface area contributed by atoms with E-state index in [-0.39, 0.29) is 5.84 Å². The zero-order valence-corrected chi connectivity index (χ0v) is 12.4. The first kappa shape index (κ1) is 18.6. The van der Waals surface area contributed by atoms with Crippen LogP contribution in [0.1, 0.15) is 45.7 Å². The molecule has 3 heteroatoms. The summed E-state index contributed by atoms with van der Waals surface area (Å²) < 4.78 is 0. The Hall–Kier alpha value is -1.77. The maximum Gasteiger partial charge on any atom is 0.163 e. The minimum Gasteiger partial charge on any atom is -0.409 e. The molecule has 1 aromatic rings. The maximum atomic E-state index is 8.39. The number of hydrogen-bond acceptors (Lipinski definition) is 2. The molecule has 0 spiro atoms. The van der Waals surface area contributed by atoms with Gasteiger partial charge in [-0.3, -0.25) is 0 Å². The molecule has 18 heavy (non-hydrogen) atoms. The van der Waals surface area contributed by atoms with Crippen LogP contribution in [-0.2, 0) is 0 Å². The van der Waals surface area contributed by atoms with Gasteiger partial charge in [-0.1, -0.05) is 62.7 Å². The molecule has 0 aliphatic carbocycles. The number of benzene rings is 1. The average Bonchev–Trinajstić information content (AvgIpc) is 2.43. The molecule has 0 aromatic heterocycles. The van der Waals surface area contributed by atoms with Gasteiger partial charge in [-0.15, -0.1) is 0 Å². The second kappa shape index (κ2) is 11.7. The van der Waals surface area contributed by atoms with Gasteiger partial charge in [0.2, 0.25) is 0 Å². The number of hydrogen-bond donors (Lipinski definition) is 2. The van der Waals surface area contributed by atoms with Crippen molar-refractivity contribution in [3.63, 3.8) is 0 Å². The highest BCUT2D eigenvalue weighted by atomic mass is 16.4. The van der Waals surface area contributed by atoms with Crippen molar-refractivity contribution in [3.05, 3.63) is 41.5 Å². The minimum atomic E-state index is 0.114. The smallest absolute Gasteiger partial charge is 0.163 e. The lowest BCUT2D eigenvalue weighted by atomic mass is 10.1. The van der Waals surface area contributed by atoms with Crippen LogP contribution in [0.4, 0.5) is 0 Å². The molecule has 1 rings (SSSR count). The third-order valence-electron chi connectivity index (χ3n) is 1.99. The molecule has 0 bridgehead atoms. The van der Waals surface area contributed by atoms with Crippen LogP contribution in [0.3, 0.4) is 0 Å². The number of rotatable bonds is 2. The molecule has 0 heterocycles. The molecule has 102 valence electrons. The Bertz CT molecular complexity index is 365. The van der Waals surface area contributed by atoms with Crippen LogP contribution >= 0.6 is 0 Å². The average molecular weight is 250 g/mol. The Labute approximate surface area is 111 Å². The number of oxime groups is 1. The van der Waals surface area contributed by atoms with Crippen molar-refractivity contribution in [2.24, 2.45) is 10.9 Å².